The second-order valence-electron chi connectivity index (χ2n) is 5.47. The van der Waals surface area contributed by atoms with E-state index in [1.54, 1.807) is 7.11 Å². The van der Waals surface area contributed by atoms with Gasteiger partial charge >= 0.3 is 0 Å². The molecule has 1 unspecified atom stereocenters. The normalized spacial score (nSPS) is 12.4. The van der Waals surface area contributed by atoms with Gasteiger partial charge in [-0.25, -0.2) is 0 Å². The van der Waals surface area contributed by atoms with Crippen LogP contribution in [-0.4, -0.2) is 43.7 Å². The van der Waals surface area contributed by atoms with Crippen molar-refractivity contribution in [1.82, 2.24) is 4.90 Å². The Morgan fingerprint density at radius 2 is 1.95 bits per heavy atom. The fourth-order valence-corrected chi connectivity index (χ4v) is 2.12. The van der Waals surface area contributed by atoms with E-state index in [1.165, 1.54) is 0 Å². The van der Waals surface area contributed by atoms with Gasteiger partial charge in [0.1, 0.15) is 0 Å². The van der Waals surface area contributed by atoms with Crippen LogP contribution in [0.3, 0.4) is 0 Å². The van der Waals surface area contributed by atoms with Gasteiger partial charge in [-0.1, -0.05) is 44.2 Å². The lowest BCUT2D eigenvalue weighted by molar-refractivity contribution is -0.133. The van der Waals surface area contributed by atoms with E-state index in [9.17, 15) is 4.79 Å². The van der Waals surface area contributed by atoms with Crippen molar-refractivity contribution in [3.63, 3.8) is 0 Å². The molecule has 1 aromatic carbocycles. The average Bonchev–Trinajstić information content (AvgIpc) is 2.43. The summed E-state index contributed by atoms with van der Waals surface area (Å²) >= 11 is 0. The Morgan fingerprint density at radius 3 is 2.50 bits per heavy atom. The van der Waals surface area contributed by atoms with Crippen LogP contribution >= 0.6 is 0 Å². The molecule has 20 heavy (non-hydrogen) atoms. The van der Waals surface area contributed by atoms with Crippen LogP contribution in [0.4, 0.5) is 0 Å². The second-order valence-corrected chi connectivity index (χ2v) is 5.47. The zero-order valence-electron chi connectivity index (χ0n) is 12.7. The zero-order valence-corrected chi connectivity index (χ0v) is 12.7. The fraction of sp³-hybridized carbons (Fsp3) is 0.562. The van der Waals surface area contributed by atoms with Crippen molar-refractivity contribution in [1.29, 1.82) is 0 Å². The standard InChI is InChI=1S/C16H26N2O2/c1-13(2)12-18(9-10-20-3)16(19)15(17)11-14-7-5-4-6-8-14/h4-8,13,15H,9-12,17H2,1-3H3. The van der Waals surface area contributed by atoms with Crippen molar-refractivity contribution >= 4 is 5.91 Å². The molecular weight excluding hydrogens is 252 g/mol. The molecule has 0 saturated heterocycles. The first-order chi connectivity index (χ1) is 9.54. The molecule has 0 radical (unpaired) electrons. The van der Waals surface area contributed by atoms with E-state index in [0.29, 0.717) is 32.0 Å². The molecule has 4 nitrogen and oxygen atoms in total. The number of carbonyl (C=O) groups is 1. The smallest absolute Gasteiger partial charge is 0.239 e. The summed E-state index contributed by atoms with van der Waals surface area (Å²) in [5, 5.41) is 0. The number of hydrogen-bond acceptors (Lipinski definition) is 3. The summed E-state index contributed by atoms with van der Waals surface area (Å²) in [6, 6.07) is 9.38. The summed E-state index contributed by atoms with van der Waals surface area (Å²) in [5.74, 6) is 0.416. The average molecular weight is 278 g/mol. The number of nitrogens with two attached hydrogens (primary N) is 1. The molecule has 1 amide bonds. The number of nitrogens with zero attached hydrogens (tertiary/aromatic N) is 1. The van der Waals surface area contributed by atoms with Crippen LogP contribution in [0.5, 0.6) is 0 Å². The van der Waals surface area contributed by atoms with Gasteiger partial charge in [-0.05, 0) is 17.9 Å². The van der Waals surface area contributed by atoms with Crippen LogP contribution in [0.15, 0.2) is 30.3 Å². The first kappa shape index (κ1) is 16.7. The van der Waals surface area contributed by atoms with Crippen molar-refractivity contribution in [2.24, 2.45) is 11.7 Å². The molecule has 0 saturated carbocycles. The molecule has 1 atom stereocenters. The van der Waals surface area contributed by atoms with Gasteiger partial charge in [-0.15, -0.1) is 0 Å². The third kappa shape index (κ3) is 5.72. The van der Waals surface area contributed by atoms with Crippen LogP contribution < -0.4 is 5.73 Å². The summed E-state index contributed by atoms with van der Waals surface area (Å²) < 4.78 is 5.07. The van der Waals surface area contributed by atoms with Gasteiger partial charge in [0.15, 0.2) is 0 Å². The van der Waals surface area contributed by atoms with Crippen molar-refractivity contribution < 1.29 is 9.53 Å². The van der Waals surface area contributed by atoms with E-state index in [4.69, 9.17) is 10.5 Å². The van der Waals surface area contributed by atoms with Crippen LogP contribution in [0.25, 0.3) is 0 Å². The lowest BCUT2D eigenvalue weighted by Gasteiger charge is -2.27. The SMILES string of the molecule is COCCN(CC(C)C)C(=O)C(N)Cc1ccccc1. The van der Waals surface area contributed by atoms with Gasteiger partial charge < -0.3 is 15.4 Å². The van der Waals surface area contributed by atoms with E-state index < -0.39 is 6.04 Å². The van der Waals surface area contributed by atoms with Gasteiger partial charge in [0, 0.05) is 20.2 Å². The van der Waals surface area contributed by atoms with Crippen molar-refractivity contribution in [2.75, 3.05) is 26.8 Å². The van der Waals surface area contributed by atoms with Gasteiger partial charge in [-0.3, -0.25) is 4.79 Å². The molecule has 112 valence electrons. The largest absolute Gasteiger partial charge is 0.383 e. The highest BCUT2D eigenvalue weighted by molar-refractivity contribution is 5.82. The molecule has 0 spiro atoms. The molecule has 0 aliphatic heterocycles. The summed E-state index contributed by atoms with van der Waals surface area (Å²) in [6.45, 7) is 6.03. The zero-order chi connectivity index (χ0) is 15.0. The van der Waals surface area contributed by atoms with Gasteiger partial charge in [-0.2, -0.15) is 0 Å². The Morgan fingerprint density at radius 1 is 1.30 bits per heavy atom. The summed E-state index contributed by atoms with van der Waals surface area (Å²) in [7, 11) is 1.64. The first-order valence-electron chi connectivity index (χ1n) is 7.11. The quantitative estimate of drug-likeness (QED) is 0.787. The molecule has 0 bridgehead atoms. The van der Waals surface area contributed by atoms with E-state index in [1.807, 2.05) is 35.2 Å². The predicted octanol–water partition coefficient (Wildman–Crippen LogP) is 1.69. The monoisotopic (exact) mass is 278 g/mol. The predicted molar refractivity (Wildman–Crippen MR) is 81.4 cm³/mol. The number of hydrogen-bond donors (Lipinski definition) is 1. The van der Waals surface area contributed by atoms with E-state index >= 15 is 0 Å². The van der Waals surface area contributed by atoms with Gasteiger partial charge in [0.05, 0.1) is 12.6 Å². The molecule has 1 aromatic rings. The van der Waals surface area contributed by atoms with E-state index in [-0.39, 0.29) is 5.91 Å². The van der Waals surface area contributed by atoms with E-state index in [2.05, 4.69) is 13.8 Å². The minimum atomic E-state index is -0.493. The number of methoxy groups -OCH3 is 1. The van der Waals surface area contributed by atoms with Crippen molar-refractivity contribution in [2.45, 2.75) is 26.3 Å². The van der Waals surface area contributed by atoms with Crippen LogP contribution in [0, 0.1) is 5.92 Å². The van der Waals surface area contributed by atoms with Crippen molar-refractivity contribution in [3.8, 4) is 0 Å². The van der Waals surface area contributed by atoms with Crippen molar-refractivity contribution in [3.05, 3.63) is 35.9 Å². The summed E-state index contributed by atoms with van der Waals surface area (Å²) in [4.78, 5) is 14.2. The number of rotatable bonds is 8. The summed E-state index contributed by atoms with van der Waals surface area (Å²) in [5.41, 5.74) is 7.15. The molecular formula is C16H26N2O2. The maximum absolute atomic E-state index is 12.4. The highest BCUT2D eigenvalue weighted by atomic mass is 16.5. The number of benzene rings is 1. The minimum Gasteiger partial charge on any atom is -0.383 e. The Hall–Kier alpha value is -1.39. The second kappa shape index (κ2) is 8.72. The van der Waals surface area contributed by atoms with Crippen LogP contribution in [-0.2, 0) is 16.0 Å². The van der Waals surface area contributed by atoms with Crippen LogP contribution in [0.2, 0.25) is 0 Å². The highest BCUT2D eigenvalue weighted by Crippen LogP contribution is 2.06. The van der Waals surface area contributed by atoms with Crippen LogP contribution in [0.1, 0.15) is 19.4 Å². The molecule has 2 N–H and O–H groups in total. The Bertz CT molecular complexity index is 393. The molecule has 4 heteroatoms. The highest BCUT2D eigenvalue weighted by Gasteiger charge is 2.21. The molecule has 0 aromatic heterocycles. The number of amides is 1. The lowest BCUT2D eigenvalue weighted by Crippen LogP contribution is -2.47. The topological polar surface area (TPSA) is 55.6 Å². The molecule has 0 heterocycles. The molecule has 0 aliphatic rings. The molecule has 0 aliphatic carbocycles. The molecule has 0 fully saturated rings. The Balaban J connectivity index is 2.62. The maximum Gasteiger partial charge on any atom is 0.239 e. The lowest BCUT2D eigenvalue weighted by atomic mass is 10.0. The van der Waals surface area contributed by atoms with Gasteiger partial charge in [0.2, 0.25) is 5.91 Å². The Labute approximate surface area is 121 Å². The number of carbonyl (C=O) groups excluding carboxylic acids is 1. The third-order valence-corrected chi connectivity index (χ3v) is 3.08. The first-order valence-corrected chi connectivity index (χ1v) is 7.11. The van der Waals surface area contributed by atoms with Gasteiger partial charge in [0.25, 0.3) is 0 Å². The number of ether oxygens (including phenoxy) is 1. The minimum absolute atomic E-state index is 0.000368. The summed E-state index contributed by atoms with van der Waals surface area (Å²) in [6.07, 6.45) is 0.571. The maximum atomic E-state index is 12.4. The third-order valence-electron chi connectivity index (χ3n) is 3.08. The van der Waals surface area contributed by atoms with E-state index in [0.717, 1.165) is 5.56 Å². The molecule has 1 rings (SSSR count). The fourth-order valence-electron chi connectivity index (χ4n) is 2.12. The Kier molecular flexibility index (Phi) is 7.26.